The van der Waals surface area contributed by atoms with Gasteiger partial charge < -0.3 is 0 Å². The molecule has 0 unspecified atom stereocenters. The Labute approximate surface area is 87.3 Å². The Morgan fingerprint density at radius 3 is 2.75 bits per heavy atom. The molecule has 1 atom stereocenters. The maximum Gasteiger partial charge on any atom is 0.239 e. The van der Waals surface area contributed by atoms with Crippen LogP contribution in [0.1, 0.15) is 13.3 Å². The molecule has 1 N–H and O–H groups in total. The van der Waals surface area contributed by atoms with E-state index in [0.29, 0.717) is 0 Å². The lowest BCUT2D eigenvalue weighted by atomic mass is 10.3. The fraction of sp³-hybridized carbons (Fsp3) is 0.857. The van der Waals surface area contributed by atoms with Crippen LogP contribution in [0.5, 0.6) is 0 Å². The largest absolute Gasteiger partial charge is 0.279 e. The fourth-order valence-electron chi connectivity index (χ4n) is 0.707. The molecule has 0 aromatic carbocycles. The van der Waals surface area contributed by atoms with Crippen molar-refractivity contribution >= 4 is 40.6 Å². The highest BCUT2D eigenvalue weighted by molar-refractivity contribution is 7.99. The number of rotatable bonds is 7. The van der Waals surface area contributed by atoms with Gasteiger partial charge in [0.25, 0.3) is 0 Å². The van der Waals surface area contributed by atoms with E-state index in [9.17, 15) is 4.79 Å². The van der Waals surface area contributed by atoms with Gasteiger partial charge in [-0.05, 0) is 35.8 Å². The van der Waals surface area contributed by atoms with E-state index in [1.54, 1.807) is 0 Å². The summed E-state index contributed by atoms with van der Waals surface area (Å²) in [6, 6.07) is -0.194. The third-order valence-corrected chi connectivity index (χ3v) is 3.01. The molecular formula is C7H14ClNOS2. The number of hydrogen-bond donors (Lipinski definition) is 1. The van der Waals surface area contributed by atoms with Crippen LogP contribution in [0.3, 0.4) is 0 Å². The lowest BCUT2D eigenvalue weighted by Crippen LogP contribution is -2.29. The number of halogens is 1. The average Bonchev–Trinajstić information content (AvgIpc) is 2.03. The number of carbonyl (C=O) groups excluding carboxylic acids is 1. The summed E-state index contributed by atoms with van der Waals surface area (Å²) in [5.74, 6) is 2.07. The molecule has 5 heteroatoms. The third-order valence-electron chi connectivity index (χ3n) is 1.29. The Kier molecular flexibility index (Phi) is 8.65. The lowest BCUT2D eigenvalue weighted by molar-refractivity contribution is -0.113. The molecule has 0 aliphatic heterocycles. The summed E-state index contributed by atoms with van der Waals surface area (Å²) < 4.78 is 2.96. The molecule has 0 fully saturated rings. The van der Waals surface area contributed by atoms with E-state index >= 15 is 0 Å². The van der Waals surface area contributed by atoms with Gasteiger partial charge in [-0.25, -0.2) is 0 Å². The second kappa shape index (κ2) is 8.23. The van der Waals surface area contributed by atoms with Crippen molar-refractivity contribution < 1.29 is 4.79 Å². The SMILES string of the molecule is CCSCC[C@H](NSC)C(=O)Cl. The van der Waals surface area contributed by atoms with E-state index in [-0.39, 0.29) is 11.3 Å². The van der Waals surface area contributed by atoms with Gasteiger partial charge in [0.2, 0.25) is 5.24 Å². The van der Waals surface area contributed by atoms with Crippen molar-refractivity contribution in [3.8, 4) is 0 Å². The van der Waals surface area contributed by atoms with Crippen molar-refractivity contribution in [2.24, 2.45) is 0 Å². The van der Waals surface area contributed by atoms with Gasteiger partial charge in [-0.1, -0.05) is 18.9 Å². The first kappa shape index (κ1) is 12.6. The van der Waals surface area contributed by atoms with E-state index in [4.69, 9.17) is 11.6 Å². The highest BCUT2D eigenvalue weighted by Crippen LogP contribution is 2.08. The molecule has 0 saturated heterocycles. The van der Waals surface area contributed by atoms with Gasteiger partial charge in [0.05, 0.1) is 6.04 Å². The van der Waals surface area contributed by atoms with Crippen LogP contribution in [0.4, 0.5) is 0 Å². The summed E-state index contributed by atoms with van der Waals surface area (Å²) >= 11 is 8.63. The third kappa shape index (κ3) is 6.17. The summed E-state index contributed by atoms with van der Waals surface area (Å²) in [5.41, 5.74) is 0. The van der Waals surface area contributed by atoms with Crippen LogP contribution in [0.25, 0.3) is 0 Å². The zero-order chi connectivity index (χ0) is 9.40. The van der Waals surface area contributed by atoms with Crippen molar-refractivity contribution in [1.29, 1.82) is 0 Å². The first-order valence-corrected chi connectivity index (χ1v) is 6.53. The standard InChI is InChI=1S/C7H14ClNOS2/c1-3-12-5-4-6(7(8)10)9-11-2/h6,9H,3-5H2,1-2H3/t6-/m0/s1. The van der Waals surface area contributed by atoms with E-state index in [1.807, 2.05) is 18.0 Å². The minimum atomic E-state index is -0.291. The highest BCUT2D eigenvalue weighted by Gasteiger charge is 2.13. The summed E-state index contributed by atoms with van der Waals surface area (Å²) in [5, 5.41) is -0.291. The van der Waals surface area contributed by atoms with E-state index in [0.717, 1.165) is 17.9 Å². The number of hydrogen-bond acceptors (Lipinski definition) is 4. The lowest BCUT2D eigenvalue weighted by Gasteiger charge is -2.11. The van der Waals surface area contributed by atoms with Crippen LogP contribution in [0.15, 0.2) is 0 Å². The van der Waals surface area contributed by atoms with Crippen molar-refractivity contribution in [2.75, 3.05) is 17.8 Å². The topological polar surface area (TPSA) is 29.1 Å². The first-order chi connectivity index (χ1) is 5.72. The fourth-order valence-corrected chi connectivity index (χ4v) is 2.14. The number of carbonyl (C=O) groups is 1. The Bertz CT molecular complexity index is 135. The molecule has 0 saturated carbocycles. The summed E-state index contributed by atoms with van der Waals surface area (Å²) in [4.78, 5) is 10.8. The molecule has 0 bridgehead atoms. The molecule has 0 aliphatic carbocycles. The molecule has 0 aliphatic rings. The Morgan fingerprint density at radius 1 is 1.67 bits per heavy atom. The Hall–Kier alpha value is 0.620. The summed E-state index contributed by atoms with van der Waals surface area (Å²) in [6.07, 6.45) is 2.70. The van der Waals surface area contributed by atoms with Gasteiger partial charge in [0.1, 0.15) is 0 Å². The van der Waals surface area contributed by atoms with Gasteiger partial charge in [-0.2, -0.15) is 11.8 Å². The van der Waals surface area contributed by atoms with Gasteiger partial charge in [0.15, 0.2) is 0 Å². The van der Waals surface area contributed by atoms with Crippen LogP contribution < -0.4 is 4.72 Å². The predicted molar refractivity (Wildman–Crippen MR) is 58.9 cm³/mol. The van der Waals surface area contributed by atoms with Gasteiger partial charge in [-0.3, -0.25) is 9.52 Å². The average molecular weight is 228 g/mol. The Balaban J connectivity index is 3.56. The smallest absolute Gasteiger partial charge is 0.239 e. The van der Waals surface area contributed by atoms with Crippen LogP contribution in [-0.2, 0) is 4.79 Å². The molecule has 0 amide bonds. The first-order valence-electron chi connectivity index (χ1n) is 3.78. The molecule has 12 heavy (non-hydrogen) atoms. The zero-order valence-corrected chi connectivity index (χ0v) is 9.69. The van der Waals surface area contributed by atoms with Crippen molar-refractivity contribution in [2.45, 2.75) is 19.4 Å². The zero-order valence-electron chi connectivity index (χ0n) is 7.30. The monoisotopic (exact) mass is 227 g/mol. The summed E-state index contributed by atoms with van der Waals surface area (Å²) in [6.45, 7) is 2.10. The minimum absolute atomic E-state index is 0.194. The molecule has 2 nitrogen and oxygen atoms in total. The van der Waals surface area contributed by atoms with Crippen molar-refractivity contribution in [3.05, 3.63) is 0 Å². The van der Waals surface area contributed by atoms with E-state index < -0.39 is 0 Å². The van der Waals surface area contributed by atoms with Crippen LogP contribution in [0.2, 0.25) is 0 Å². The maximum absolute atomic E-state index is 10.8. The molecule has 0 aromatic rings. The maximum atomic E-state index is 10.8. The molecule has 0 heterocycles. The predicted octanol–water partition coefficient (Wildman–Crippen LogP) is 2.13. The van der Waals surface area contributed by atoms with Crippen LogP contribution in [-0.4, -0.2) is 29.0 Å². The molecule has 0 aromatic heterocycles. The second-order valence-electron chi connectivity index (χ2n) is 2.16. The molecule has 0 rings (SSSR count). The molecule has 72 valence electrons. The highest BCUT2D eigenvalue weighted by atomic mass is 35.5. The normalized spacial score (nSPS) is 12.9. The van der Waals surface area contributed by atoms with Crippen molar-refractivity contribution in [1.82, 2.24) is 4.72 Å². The molecule has 0 radical (unpaired) electrons. The molecule has 0 spiro atoms. The van der Waals surface area contributed by atoms with Gasteiger partial charge in [0, 0.05) is 0 Å². The van der Waals surface area contributed by atoms with E-state index in [1.165, 1.54) is 11.9 Å². The quantitative estimate of drug-likeness (QED) is 0.410. The van der Waals surface area contributed by atoms with Crippen molar-refractivity contribution in [3.63, 3.8) is 0 Å². The van der Waals surface area contributed by atoms with Gasteiger partial charge >= 0.3 is 0 Å². The van der Waals surface area contributed by atoms with E-state index in [2.05, 4.69) is 11.6 Å². The van der Waals surface area contributed by atoms with Gasteiger partial charge in [-0.15, -0.1) is 0 Å². The van der Waals surface area contributed by atoms with Crippen LogP contribution >= 0.6 is 35.3 Å². The number of thioether (sulfide) groups is 1. The Morgan fingerprint density at radius 2 is 2.33 bits per heavy atom. The second-order valence-corrected chi connectivity index (χ2v) is 4.57. The molecular weight excluding hydrogens is 214 g/mol. The van der Waals surface area contributed by atoms with Crippen LogP contribution in [0, 0.1) is 0 Å². The number of nitrogens with one attached hydrogen (secondary N) is 1. The minimum Gasteiger partial charge on any atom is -0.279 e. The summed E-state index contributed by atoms with van der Waals surface area (Å²) in [7, 11) is 0.